The number of rotatable bonds is 3. The highest BCUT2D eigenvalue weighted by molar-refractivity contribution is 5.98. The number of hydrogen-bond donors (Lipinski definition) is 1. The van der Waals surface area contributed by atoms with E-state index < -0.39 is 0 Å². The quantitative estimate of drug-likeness (QED) is 0.243. The second-order valence-electron chi connectivity index (χ2n) is 16.0. The van der Waals surface area contributed by atoms with E-state index in [0.29, 0.717) is 0 Å². The van der Waals surface area contributed by atoms with Gasteiger partial charge in [-0.15, -0.1) is 0 Å². The molecule has 3 heteroatoms. The minimum absolute atomic E-state index is 0.0540. The van der Waals surface area contributed by atoms with Crippen molar-refractivity contribution in [3.8, 4) is 11.3 Å². The fourth-order valence-electron chi connectivity index (χ4n) is 10.1. The lowest BCUT2D eigenvalue weighted by molar-refractivity contribution is 0.441. The van der Waals surface area contributed by atoms with E-state index in [1.807, 2.05) is 0 Å². The fourth-order valence-corrected chi connectivity index (χ4v) is 10.1. The van der Waals surface area contributed by atoms with Crippen molar-refractivity contribution in [2.24, 2.45) is 5.92 Å². The van der Waals surface area contributed by atoms with Gasteiger partial charge in [0, 0.05) is 40.3 Å². The van der Waals surface area contributed by atoms with Crippen LogP contribution in [0.25, 0.3) is 39.9 Å². The van der Waals surface area contributed by atoms with E-state index in [2.05, 4.69) is 104 Å². The Morgan fingerprint density at radius 3 is 2.71 bits per heavy atom. The predicted octanol–water partition coefficient (Wildman–Crippen LogP) is 11.4. The van der Waals surface area contributed by atoms with Crippen molar-refractivity contribution in [1.29, 1.82) is 0 Å². The average molecular weight is 639 g/mol. The molecule has 2 aromatic carbocycles. The molecular formula is C46H42N2O. The summed E-state index contributed by atoms with van der Waals surface area (Å²) in [4.78, 5) is 5.36. The highest BCUT2D eigenvalue weighted by Gasteiger charge is 2.46. The number of nitrogens with one attached hydrogen (secondary N) is 1. The van der Waals surface area contributed by atoms with Crippen LogP contribution in [0, 0.1) is 5.92 Å². The number of aromatic nitrogens is 1. The van der Waals surface area contributed by atoms with Crippen molar-refractivity contribution in [2.45, 2.75) is 89.0 Å². The van der Waals surface area contributed by atoms with Gasteiger partial charge in [-0.25, -0.2) is 4.98 Å². The third-order valence-electron chi connectivity index (χ3n) is 13.0. The number of benzene rings is 2. The van der Waals surface area contributed by atoms with Gasteiger partial charge in [-0.05, 0) is 114 Å². The highest BCUT2D eigenvalue weighted by Crippen LogP contribution is 2.58. The summed E-state index contributed by atoms with van der Waals surface area (Å²) < 4.78 is 6.39. The molecule has 3 heterocycles. The lowest BCUT2D eigenvalue weighted by atomic mass is 9.78. The summed E-state index contributed by atoms with van der Waals surface area (Å²) in [7, 11) is 0. The Morgan fingerprint density at radius 2 is 1.80 bits per heavy atom. The lowest BCUT2D eigenvalue weighted by Crippen LogP contribution is -2.24. The molecule has 11 rings (SSSR count). The summed E-state index contributed by atoms with van der Waals surface area (Å²) in [5.41, 5.74) is 19.1. The van der Waals surface area contributed by atoms with Crippen LogP contribution in [0.2, 0.25) is 0 Å². The Morgan fingerprint density at radius 1 is 0.878 bits per heavy atom. The van der Waals surface area contributed by atoms with Crippen molar-refractivity contribution in [3.05, 3.63) is 134 Å². The molecule has 0 saturated heterocycles. The van der Waals surface area contributed by atoms with Gasteiger partial charge >= 0.3 is 0 Å². The van der Waals surface area contributed by atoms with E-state index in [1.54, 1.807) is 11.1 Å². The van der Waals surface area contributed by atoms with E-state index in [1.165, 1.54) is 79.9 Å². The SMILES string of the molecule is CC1(C)C2=C(C=CCC2)c2ccc(-c3ccc4ccc5c(c4n3)NC(C3=CC=C(C4=Cc6c(oc7c6C6CC6CC7)CC4)CC3)C=C5)cc21. The molecule has 1 fully saturated rings. The minimum Gasteiger partial charge on any atom is -0.465 e. The van der Waals surface area contributed by atoms with Crippen molar-refractivity contribution < 1.29 is 4.42 Å². The van der Waals surface area contributed by atoms with Crippen LogP contribution in [-0.4, -0.2) is 11.0 Å². The van der Waals surface area contributed by atoms with Gasteiger partial charge in [-0.2, -0.15) is 0 Å². The van der Waals surface area contributed by atoms with E-state index in [0.717, 1.165) is 73.7 Å². The first-order valence-electron chi connectivity index (χ1n) is 18.7. The van der Waals surface area contributed by atoms with Gasteiger partial charge in [-0.3, -0.25) is 0 Å². The van der Waals surface area contributed by atoms with Crippen LogP contribution in [0.15, 0.2) is 99.6 Å². The smallest absolute Gasteiger partial charge is 0.112 e. The van der Waals surface area contributed by atoms with Crippen LogP contribution in [-0.2, 0) is 18.3 Å². The molecule has 49 heavy (non-hydrogen) atoms. The molecular weight excluding hydrogens is 597 g/mol. The first-order chi connectivity index (χ1) is 24.0. The van der Waals surface area contributed by atoms with E-state index in [-0.39, 0.29) is 11.5 Å². The molecule has 7 aliphatic rings. The molecule has 1 aliphatic heterocycles. The zero-order chi connectivity index (χ0) is 32.4. The number of anilines is 1. The molecule has 3 nitrogen and oxygen atoms in total. The van der Waals surface area contributed by atoms with Gasteiger partial charge < -0.3 is 9.73 Å². The standard InChI is InChI=1S/C46H42N2O/c1-46(2)37-6-4-3-5-33(37)34-18-13-32(25-38(34)46)40-20-15-29-12-11-28-14-19-39(47-44(28)45(29)48-40)27-9-7-26(8-10-27)30-16-21-41-36(23-30)43-35-24-31(35)17-22-42(43)49-41/h3,5,7,9,11-15,18-20,23,25,31,35,39,47H,4,6,8,10,16-17,21-22,24H2,1-2H3. The zero-order valence-corrected chi connectivity index (χ0v) is 28.5. The number of allylic oxidation sites excluding steroid dienone is 8. The van der Waals surface area contributed by atoms with Gasteiger partial charge in [0.2, 0.25) is 0 Å². The summed E-state index contributed by atoms with van der Waals surface area (Å²) in [6, 6.07) is 16.1. The normalized spacial score (nSPS) is 25.3. The van der Waals surface area contributed by atoms with Crippen LogP contribution in [0.3, 0.4) is 0 Å². The summed E-state index contributed by atoms with van der Waals surface area (Å²) >= 11 is 0. The molecule has 3 atom stereocenters. The second-order valence-corrected chi connectivity index (χ2v) is 16.0. The molecule has 6 aliphatic carbocycles. The van der Waals surface area contributed by atoms with Gasteiger partial charge in [0.25, 0.3) is 0 Å². The molecule has 1 saturated carbocycles. The third-order valence-corrected chi connectivity index (χ3v) is 13.0. The van der Waals surface area contributed by atoms with Crippen LogP contribution in [0.5, 0.6) is 0 Å². The minimum atomic E-state index is 0.0540. The van der Waals surface area contributed by atoms with E-state index in [9.17, 15) is 0 Å². The average Bonchev–Trinajstić information content (AvgIpc) is 3.79. The number of aryl methyl sites for hydroxylation is 2. The van der Waals surface area contributed by atoms with Crippen LogP contribution in [0.4, 0.5) is 5.69 Å². The first-order valence-corrected chi connectivity index (χ1v) is 18.7. The molecule has 1 N–H and O–H groups in total. The van der Waals surface area contributed by atoms with Gasteiger partial charge in [-0.1, -0.05) is 86.2 Å². The number of nitrogens with zero attached hydrogens (tertiary/aromatic N) is 1. The molecule has 0 spiro atoms. The Bertz CT molecular complexity index is 2330. The van der Waals surface area contributed by atoms with Crippen molar-refractivity contribution in [1.82, 2.24) is 4.98 Å². The monoisotopic (exact) mass is 638 g/mol. The van der Waals surface area contributed by atoms with Gasteiger partial charge in [0.15, 0.2) is 0 Å². The maximum Gasteiger partial charge on any atom is 0.112 e. The zero-order valence-electron chi connectivity index (χ0n) is 28.5. The molecule has 4 aromatic rings. The van der Waals surface area contributed by atoms with Crippen LogP contribution < -0.4 is 5.32 Å². The number of hydrogen-bond acceptors (Lipinski definition) is 3. The molecule has 0 radical (unpaired) electrons. The van der Waals surface area contributed by atoms with Crippen molar-refractivity contribution in [2.75, 3.05) is 5.32 Å². The summed E-state index contributed by atoms with van der Waals surface area (Å²) in [6.07, 6.45) is 27.1. The summed E-state index contributed by atoms with van der Waals surface area (Å²) in [5.74, 6) is 4.24. The van der Waals surface area contributed by atoms with Crippen molar-refractivity contribution in [3.63, 3.8) is 0 Å². The molecule has 3 unspecified atom stereocenters. The Balaban J connectivity index is 0.888. The summed E-state index contributed by atoms with van der Waals surface area (Å²) in [6.45, 7) is 4.79. The van der Waals surface area contributed by atoms with Crippen LogP contribution >= 0.6 is 0 Å². The first kappa shape index (κ1) is 28.2. The largest absolute Gasteiger partial charge is 0.465 e. The highest BCUT2D eigenvalue weighted by atomic mass is 16.3. The third kappa shape index (κ3) is 4.24. The number of pyridine rings is 1. The lowest BCUT2D eigenvalue weighted by Gasteiger charge is -2.28. The maximum atomic E-state index is 6.39. The molecule has 242 valence electrons. The fraction of sp³-hybridized carbons (Fsp3) is 0.326. The van der Waals surface area contributed by atoms with E-state index in [4.69, 9.17) is 9.40 Å². The van der Waals surface area contributed by atoms with Gasteiger partial charge in [0.1, 0.15) is 11.5 Å². The number of furan rings is 1. The Labute approximate surface area is 288 Å². The predicted molar refractivity (Wildman–Crippen MR) is 202 cm³/mol. The Hall–Kier alpha value is -4.63. The Kier molecular flexibility index (Phi) is 5.88. The van der Waals surface area contributed by atoms with Crippen LogP contribution in [0.1, 0.15) is 104 Å². The maximum absolute atomic E-state index is 6.39. The topological polar surface area (TPSA) is 38.1 Å². The molecule has 0 bridgehead atoms. The molecule has 0 amide bonds. The number of fused-ring (bicyclic) bond motifs is 10. The molecule has 2 aromatic heterocycles. The summed E-state index contributed by atoms with van der Waals surface area (Å²) in [5, 5.41) is 5.11. The second kappa shape index (κ2) is 10.2. The van der Waals surface area contributed by atoms with Crippen molar-refractivity contribution >= 4 is 34.3 Å². The van der Waals surface area contributed by atoms with E-state index >= 15 is 0 Å². The van der Waals surface area contributed by atoms with Gasteiger partial charge in [0.05, 0.1) is 22.9 Å².